The van der Waals surface area contributed by atoms with Gasteiger partial charge in [0, 0.05) is 25.1 Å². The zero-order valence-electron chi connectivity index (χ0n) is 10.5. The molecule has 1 amide bonds. The standard InChI is InChI=1S/C13H24N2O2/c16-10-13(5-1-2-6-13)9-14-8-12(17)15-7-11-3-4-11/h11,14,16H,1-10H2,(H,15,17). The highest BCUT2D eigenvalue weighted by atomic mass is 16.3. The van der Waals surface area contributed by atoms with E-state index in [2.05, 4.69) is 10.6 Å². The Morgan fingerprint density at radius 2 is 2.00 bits per heavy atom. The van der Waals surface area contributed by atoms with Gasteiger partial charge in [-0.25, -0.2) is 0 Å². The van der Waals surface area contributed by atoms with Crippen molar-refractivity contribution >= 4 is 5.91 Å². The Hall–Kier alpha value is -0.610. The van der Waals surface area contributed by atoms with Crippen LogP contribution in [0.5, 0.6) is 0 Å². The van der Waals surface area contributed by atoms with Gasteiger partial charge in [-0.3, -0.25) is 4.79 Å². The van der Waals surface area contributed by atoms with Gasteiger partial charge in [-0.2, -0.15) is 0 Å². The van der Waals surface area contributed by atoms with Crippen LogP contribution in [0.15, 0.2) is 0 Å². The van der Waals surface area contributed by atoms with Crippen molar-refractivity contribution in [3.05, 3.63) is 0 Å². The Bertz CT molecular complexity index is 258. The SMILES string of the molecule is O=C(CNCC1(CO)CCCC1)NCC1CC1. The highest BCUT2D eigenvalue weighted by Gasteiger charge is 2.32. The van der Waals surface area contributed by atoms with Crippen LogP contribution in [0.2, 0.25) is 0 Å². The molecule has 2 aliphatic carbocycles. The Balaban J connectivity index is 1.58. The van der Waals surface area contributed by atoms with E-state index in [4.69, 9.17) is 0 Å². The molecule has 2 fully saturated rings. The van der Waals surface area contributed by atoms with E-state index in [1.165, 1.54) is 25.7 Å². The molecule has 0 aromatic rings. The number of nitrogens with one attached hydrogen (secondary N) is 2. The first-order valence-electron chi connectivity index (χ1n) is 6.82. The van der Waals surface area contributed by atoms with Crippen LogP contribution < -0.4 is 10.6 Å². The van der Waals surface area contributed by atoms with Crippen molar-refractivity contribution in [3.8, 4) is 0 Å². The number of hydrogen-bond acceptors (Lipinski definition) is 3. The largest absolute Gasteiger partial charge is 0.396 e. The summed E-state index contributed by atoms with van der Waals surface area (Å²) in [4.78, 5) is 11.5. The van der Waals surface area contributed by atoms with Crippen molar-refractivity contribution < 1.29 is 9.90 Å². The van der Waals surface area contributed by atoms with E-state index in [9.17, 15) is 9.90 Å². The molecule has 17 heavy (non-hydrogen) atoms. The fraction of sp³-hybridized carbons (Fsp3) is 0.923. The number of aliphatic hydroxyl groups excluding tert-OH is 1. The summed E-state index contributed by atoms with van der Waals surface area (Å²) in [6, 6.07) is 0. The highest BCUT2D eigenvalue weighted by Crippen LogP contribution is 2.36. The van der Waals surface area contributed by atoms with Gasteiger partial charge in [-0.15, -0.1) is 0 Å². The van der Waals surface area contributed by atoms with Crippen molar-refractivity contribution in [2.75, 3.05) is 26.2 Å². The number of aliphatic hydroxyl groups is 1. The normalized spacial score (nSPS) is 22.6. The molecule has 0 spiro atoms. The second-order valence-electron chi connectivity index (χ2n) is 5.72. The first-order valence-corrected chi connectivity index (χ1v) is 6.82. The summed E-state index contributed by atoms with van der Waals surface area (Å²) in [7, 11) is 0. The molecular weight excluding hydrogens is 216 g/mol. The maximum absolute atomic E-state index is 11.5. The minimum absolute atomic E-state index is 0.0385. The maximum Gasteiger partial charge on any atom is 0.233 e. The minimum Gasteiger partial charge on any atom is -0.396 e. The first kappa shape index (κ1) is 12.8. The van der Waals surface area contributed by atoms with E-state index < -0.39 is 0 Å². The molecule has 0 atom stereocenters. The Morgan fingerprint density at radius 3 is 2.59 bits per heavy atom. The van der Waals surface area contributed by atoms with Gasteiger partial charge in [0.1, 0.15) is 0 Å². The summed E-state index contributed by atoms with van der Waals surface area (Å²) >= 11 is 0. The molecule has 0 bridgehead atoms. The number of amides is 1. The molecule has 2 rings (SSSR count). The van der Waals surface area contributed by atoms with Gasteiger partial charge in [0.25, 0.3) is 0 Å². The molecule has 0 unspecified atom stereocenters. The van der Waals surface area contributed by atoms with Gasteiger partial charge in [0.05, 0.1) is 6.54 Å². The van der Waals surface area contributed by atoms with E-state index in [-0.39, 0.29) is 17.9 Å². The van der Waals surface area contributed by atoms with Crippen LogP contribution in [0, 0.1) is 11.3 Å². The molecule has 0 radical (unpaired) electrons. The van der Waals surface area contributed by atoms with Crippen LogP contribution in [-0.4, -0.2) is 37.3 Å². The summed E-state index contributed by atoms with van der Waals surface area (Å²) in [6.45, 7) is 2.23. The number of carbonyl (C=O) groups is 1. The third-order valence-corrected chi connectivity index (χ3v) is 4.07. The third kappa shape index (κ3) is 3.96. The molecule has 0 aromatic carbocycles. The van der Waals surface area contributed by atoms with E-state index >= 15 is 0 Å². The van der Waals surface area contributed by atoms with Crippen LogP contribution in [0.4, 0.5) is 0 Å². The zero-order valence-corrected chi connectivity index (χ0v) is 10.5. The molecule has 4 nitrogen and oxygen atoms in total. The lowest BCUT2D eigenvalue weighted by atomic mass is 9.87. The van der Waals surface area contributed by atoms with Crippen molar-refractivity contribution in [2.24, 2.45) is 11.3 Å². The lowest BCUT2D eigenvalue weighted by Gasteiger charge is -2.26. The summed E-state index contributed by atoms with van der Waals surface area (Å²) in [5, 5.41) is 15.6. The smallest absolute Gasteiger partial charge is 0.233 e. The van der Waals surface area contributed by atoms with Gasteiger partial charge in [0.15, 0.2) is 0 Å². The van der Waals surface area contributed by atoms with E-state index in [0.717, 1.165) is 31.8 Å². The maximum atomic E-state index is 11.5. The molecule has 2 saturated carbocycles. The first-order chi connectivity index (χ1) is 8.24. The van der Waals surface area contributed by atoms with Crippen molar-refractivity contribution in [2.45, 2.75) is 38.5 Å². The van der Waals surface area contributed by atoms with E-state index in [0.29, 0.717) is 6.54 Å². The van der Waals surface area contributed by atoms with Crippen LogP contribution in [0.1, 0.15) is 38.5 Å². The molecule has 98 valence electrons. The lowest BCUT2D eigenvalue weighted by Crippen LogP contribution is -2.41. The predicted molar refractivity (Wildman–Crippen MR) is 66.6 cm³/mol. The van der Waals surface area contributed by atoms with Crippen molar-refractivity contribution in [1.29, 1.82) is 0 Å². The minimum atomic E-state index is 0.0385. The van der Waals surface area contributed by atoms with Gasteiger partial charge >= 0.3 is 0 Å². The molecule has 3 N–H and O–H groups in total. The van der Waals surface area contributed by atoms with Crippen LogP contribution in [0.25, 0.3) is 0 Å². The van der Waals surface area contributed by atoms with Gasteiger partial charge in [-0.1, -0.05) is 12.8 Å². The summed E-state index contributed by atoms with van der Waals surface area (Å²) < 4.78 is 0. The molecule has 0 saturated heterocycles. The monoisotopic (exact) mass is 240 g/mol. The Kier molecular flexibility index (Phi) is 4.40. The summed E-state index contributed by atoms with van der Waals surface area (Å²) in [5.41, 5.74) is 0.0385. The topological polar surface area (TPSA) is 61.4 Å². The Morgan fingerprint density at radius 1 is 1.29 bits per heavy atom. The highest BCUT2D eigenvalue weighted by molar-refractivity contribution is 5.77. The fourth-order valence-corrected chi connectivity index (χ4v) is 2.60. The van der Waals surface area contributed by atoms with Gasteiger partial charge in [-0.05, 0) is 31.6 Å². The van der Waals surface area contributed by atoms with E-state index in [1.807, 2.05) is 0 Å². The van der Waals surface area contributed by atoms with Crippen molar-refractivity contribution in [1.82, 2.24) is 10.6 Å². The molecule has 0 heterocycles. The van der Waals surface area contributed by atoms with Gasteiger partial charge < -0.3 is 15.7 Å². The predicted octanol–water partition coefficient (Wildman–Crippen LogP) is 0.655. The zero-order chi connectivity index (χ0) is 12.1. The Labute approximate surface area is 103 Å². The molecule has 0 aliphatic heterocycles. The lowest BCUT2D eigenvalue weighted by molar-refractivity contribution is -0.120. The van der Waals surface area contributed by atoms with E-state index in [1.54, 1.807) is 0 Å². The number of rotatable bonds is 7. The summed E-state index contributed by atoms with van der Waals surface area (Å²) in [5.74, 6) is 0.820. The quantitative estimate of drug-likeness (QED) is 0.612. The van der Waals surface area contributed by atoms with Gasteiger partial charge in [0.2, 0.25) is 5.91 Å². The number of carbonyl (C=O) groups excluding carboxylic acids is 1. The molecular formula is C13H24N2O2. The molecule has 0 aromatic heterocycles. The van der Waals surface area contributed by atoms with Crippen LogP contribution >= 0.6 is 0 Å². The summed E-state index contributed by atoms with van der Waals surface area (Å²) in [6.07, 6.45) is 7.11. The van der Waals surface area contributed by atoms with Crippen LogP contribution in [0.3, 0.4) is 0 Å². The number of hydrogen-bond donors (Lipinski definition) is 3. The van der Waals surface area contributed by atoms with Crippen LogP contribution in [-0.2, 0) is 4.79 Å². The second-order valence-corrected chi connectivity index (χ2v) is 5.72. The molecule has 2 aliphatic rings. The average Bonchev–Trinajstić information content (AvgIpc) is 3.05. The van der Waals surface area contributed by atoms with Crippen molar-refractivity contribution in [3.63, 3.8) is 0 Å². The fourth-order valence-electron chi connectivity index (χ4n) is 2.60. The third-order valence-electron chi connectivity index (χ3n) is 4.07. The second kappa shape index (κ2) is 5.83. The average molecular weight is 240 g/mol. The molecule has 4 heteroatoms.